The highest BCUT2D eigenvalue weighted by Crippen LogP contribution is 2.28. The first-order valence-corrected chi connectivity index (χ1v) is 9.21. The molecule has 3 rings (SSSR count). The number of fused-ring (bicyclic) bond motifs is 1. The minimum Gasteiger partial charge on any atom is -0.351 e. The lowest BCUT2D eigenvalue weighted by atomic mass is 10.1. The molecule has 7 nitrogen and oxygen atoms in total. The number of halogens is 2. The van der Waals surface area contributed by atoms with E-state index in [4.69, 9.17) is 4.52 Å². The van der Waals surface area contributed by atoms with Crippen molar-refractivity contribution in [2.45, 2.75) is 5.75 Å². The van der Waals surface area contributed by atoms with E-state index in [2.05, 4.69) is 5.16 Å². The van der Waals surface area contributed by atoms with Crippen LogP contribution in [0.3, 0.4) is 0 Å². The van der Waals surface area contributed by atoms with E-state index in [0.717, 1.165) is 16.9 Å². The van der Waals surface area contributed by atoms with Crippen LogP contribution in [0.15, 0.2) is 21.6 Å². The SMILES string of the molecule is CS(=O)(=O)Cc1cn(-c2noc3c(F)c(F)c(C=O)cc23)c(=O)s1. The van der Waals surface area contributed by atoms with E-state index < -0.39 is 37.5 Å². The number of sulfone groups is 1. The number of thiazole rings is 1. The van der Waals surface area contributed by atoms with Crippen molar-refractivity contribution >= 4 is 38.4 Å². The summed E-state index contributed by atoms with van der Waals surface area (Å²) < 4.78 is 55.8. The molecule has 126 valence electrons. The monoisotopic (exact) mass is 374 g/mol. The Balaban J connectivity index is 2.23. The third-order valence-corrected chi connectivity index (χ3v) is 5.00. The average Bonchev–Trinajstić information content (AvgIpc) is 3.04. The topological polar surface area (TPSA) is 99.2 Å². The highest BCUT2D eigenvalue weighted by molar-refractivity contribution is 7.90. The quantitative estimate of drug-likeness (QED) is 0.644. The van der Waals surface area contributed by atoms with Crippen LogP contribution < -0.4 is 4.87 Å². The van der Waals surface area contributed by atoms with Crippen molar-refractivity contribution in [2.24, 2.45) is 0 Å². The zero-order valence-electron chi connectivity index (χ0n) is 11.9. The number of aldehydes is 1. The number of hydrogen-bond donors (Lipinski definition) is 0. The molecule has 3 aromatic rings. The van der Waals surface area contributed by atoms with Gasteiger partial charge in [0, 0.05) is 17.3 Å². The molecule has 2 heterocycles. The Bertz CT molecular complexity index is 1130. The van der Waals surface area contributed by atoms with Gasteiger partial charge in [-0.15, -0.1) is 0 Å². The van der Waals surface area contributed by atoms with Crippen molar-refractivity contribution in [3.63, 3.8) is 0 Å². The summed E-state index contributed by atoms with van der Waals surface area (Å²) in [4.78, 5) is 22.5. The third kappa shape index (κ3) is 2.76. The Hall–Kier alpha value is -2.40. The maximum absolute atomic E-state index is 13.9. The van der Waals surface area contributed by atoms with Gasteiger partial charge < -0.3 is 4.52 Å². The Kier molecular flexibility index (Phi) is 3.84. The molecule has 0 aliphatic heterocycles. The molecule has 0 fully saturated rings. The van der Waals surface area contributed by atoms with E-state index in [-0.39, 0.29) is 28.1 Å². The average molecular weight is 374 g/mol. The summed E-state index contributed by atoms with van der Waals surface area (Å²) in [5.74, 6) is -3.28. The fourth-order valence-electron chi connectivity index (χ4n) is 2.14. The molecule has 0 spiro atoms. The molecule has 1 aromatic carbocycles. The van der Waals surface area contributed by atoms with Gasteiger partial charge in [-0.25, -0.2) is 12.8 Å². The molecular formula is C13H8F2N2O5S2. The van der Waals surface area contributed by atoms with E-state index in [1.807, 2.05) is 0 Å². The molecule has 2 aromatic heterocycles. The fraction of sp³-hybridized carbons (Fsp3) is 0.154. The minimum absolute atomic E-state index is 0.0817. The van der Waals surface area contributed by atoms with Crippen LogP contribution in [0, 0.1) is 11.6 Å². The van der Waals surface area contributed by atoms with Gasteiger partial charge in [-0.2, -0.15) is 4.39 Å². The number of rotatable bonds is 4. The number of nitrogens with zero attached hydrogens (tertiary/aromatic N) is 2. The molecule has 0 N–H and O–H groups in total. The van der Waals surface area contributed by atoms with Crippen LogP contribution in [0.25, 0.3) is 16.8 Å². The molecule has 0 aliphatic carbocycles. The van der Waals surface area contributed by atoms with Crippen LogP contribution in [0.1, 0.15) is 15.2 Å². The largest absolute Gasteiger partial charge is 0.351 e. The first-order chi connectivity index (χ1) is 11.2. The molecule has 0 saturated heterocycles. The summed E-state index contributed by atoms with van der Waals surface area (Å²) in [6.45, 7) is 0. The molecule has 0 saturated carbocycles. The third-order valence-electron chi connectivity index (χ3n) is 3.10. The maximum atomic E-state index is 13.9. The number of benzene rings is 1. The molecule has 0 amide bonds. The van der Waals surface area contributed by atoms with Crippen molar-refractivity contribution in [1.82, 2.24) is 9.72 Å². The molecule has 0 aliphatic rings. The lowest BCUT2D eigenvalue weighted by Gasteiger charge is -1.99. The van der Waals surface area contributed by atoms with Crippen molar-refractivity contribution in [1.29, 1.82) is 0 Å². The van der Waals surface area contributed by atoms with Crippen LogP contribution >= 0.6 is 11.3 Å². The normalized spacial score (nSPS) is 12.0. The Morgan fingerprint density at radius 1 is 1.38 bits per heavy atom. The second-order valence-electron chi connectivity index (χ2n) is 5.00. The van der Waals surface area contributed by atoms with Gasteiger partial charge in [0.15, 0.2) is 27.8 Å². The molecule has 11 heteroatoms. The van der Waals surface area contributed by atoms with Gasteiger partial charge in [0.25, 0.3) is 0 Å². The van der Waals surface area contributed by atoms with E-state index in [1.54, 1.807) is 0 Å². The highest BCUT2D eigenvalue weighted by atomic mass is 32.2. The van der Waals surface area contributed by atoms with E-state index in [1.165, 1.54) is 6.20 Å². The molecule has 24 heavy (non-hydrogen) atoms. The summed E-state index contributed by atoms with van der Waals surface area (Å²) in [7, 11) is -3.36. The Labute approximate surface area is 137 Å². The summed E-state index contributed by atoms with van der Waals surface area (Å²) in [5, 5.41) is 3.45. The standard InChI is InChI=1S/C13H8F2N2O5S2/c1-24(20,21)5-7-3-17(13(19)23-7)12-8-2-6(4-18)9(14)10(15)11(8)22-16-12/h2-4H,5H2,1H3. The second-order valence-corrected chi connectivity index (χ2v) is 8.22. The van der Waals surface area contributed by atoms with Gasteiger partial charge in [0.2, 0.25) is 11.4 Å². The van der Waals surface area contributed by atoms with Crippen LogP contribution in [0.5, 0.6) is 0 Å². The summed E-state index contributed by atoms with van der Waals surface area (Å²) in [6.07, 6.45) is 2.37. The van der Waals surface area contributed by atoms with E-state index in [0.29, 0.717) is 11.3 Å². The van der Waals surface area contributed by atoms with Gasteiger partial charge in [-0.05, 0) is 6.07 Å². The number of aromatic nitrogens is 2. The predicted octanol–water partition coefficient (Wildman–Crippen LogP) is 1.68. The van der Waals surface area contributed by atoms with Crippen molar-refractivity contribution in [3.8, 4) is 5.82 Å². The Morgan fingerprint density at radius 2 is 2.08 bits per heavy atom. The van der Waals surface area contributed by atoms with Gasteiger partial charge in [-0.3, -0.25) is 14.2 Å². The van der Waals surface area contributed by atoms with Crippen molar-refractivity contribution < 1.29 is 26.5 Å². The highest BCUT2D eigenvalue weighted by Gasteiger charge is 2.22. The summed E-state index contributed by atoms with van der Waals surface area (Å²) in [5.41, 5.74) is -1.10. The first-order valence-electron chi connectivity index (χ1n) is 6.33. The lowest BCUT2D eigenvalue weighted by molar-refractivity contribution is 0.111. The molecule has 0 bridgehead atoms. The molecule has 0 radical (unpaired) electrons. The van der Waals surface area contributed by atoms with Crippen molar-refractivity contribution in [2.75, 3.05) is 6.26 Å². The van der Waals surface area contributed by atoms with Crippen LogP contribution in [-0.4, -0.2) is 30.7 Å². The van der Waals surface area contributed by atoms with Crippen LogP contribution in [0.4, 0.5) is 8.78 Å². The molecule has 0 unspecified atom stereocenters. The van der Waals surface area contributed by atoms with Gasteiger partial charge in [0.1, 0.15) is 0 Å². The summed E-state index contributed by atoms with van der Waals surface area (Å²) >= 11 is 0.675. The lowest BCUT2D eigenvalue weighted by Crippen LogP contribution is -2.09. The molecular weight excluding hydrogens is 366 g/mol. The Morgan fingerprint density at radius 3 is 2.71 bits per heavy atom. The van der Waals surface area contributed by atoms with Gasteiger partial charge in [-0.1, -0.05) is 16.5 Å². The number of carbonyl (C=O) groups excluding carboxylic acids is 1. The zero-order chi connectivity index (χ0) is 17.6. The van der Waals surface area contributed by atoms with E-state index in [9.17, 15) is 26.8 Å². The first kappa shape index (κ1) is 16.5. The second kappa shape index (κ2) is 5.60. The van der Waals surface area contributed by atoms with Crippen molar-refractivity contribution in [3.05, 3.63) is 44.0 Å². The number of hydrogen-bond acceptors (Lipinski definition) is 7. The minimum atomic E-state index is -3.36. The number of carbonyl (C=O) groups is 1. The summed E-state index contributed by atoms with van der Waals surface area (Å²) in [6, 6.07) is 1.01. The van der Waals surface area contributed by atoms with Gasteiger partial charge in [0.05, 0.1) is 16.7 Å². The zero-order valence-corrected chi connectivity index (χ0v) is 13.6. The van der Waals surface area contributed by atoms with E-state index >= 15 is 0 Å². The van der Waals surface area contributed by atoms with Crippen LogP contribution in [-0.2, 0) is 15.6 Å². The predicted molar refractivity (Wildman–Crippen MR) is 81.3 cm³/mol. The van der Waals surface area contributed by atoms with Crippen LogP contribution in [0.2, 0.25) is 0 Å². The maximum Gasteiger partial charge on any atom is 0.313 e. The smallest absolute Gasteiger partial charge is 0.313 e. The van der Waals surface area contributed by atoms with Gasteiger partial charge >= 0.3 is 4.87 Å². The fourth-order valence-corrected chi connectivity index (χ4v) is 4.23. The molecule has 0 atom stereocenters.